The number of piperidine rings is 2. The van der Waals surface area contributed by atoms with Gasteiger partial charge in [0, 0.05) is 56.4 Å². The Kier molecular flexibility index (Phi) is 6.06. The van der Waals surface area contributed by atoms with E-state index in [1.54, 1.807) is 0 Å². The van der Waals surface area contributed by atoms with Crippen molar-refractivity contribution < 1.29 is 4.79 Å². The lowest BCUT2D eigenvalue weighted by molar-refractivity contribution is 0.248. The molecule has 0 unspecified atom stereocenters. The highest BCUT2D eigenvalue weighted by molar-refractivity contribution is 5.71. The summed E-state index contributed by atoms with van der Waals surface area (Å²) in [5.74, 6) is 1.13. The van der Waals surface area contributed by atoms with Gasteiger partial charge in [-0.3, -0.25) is 0 Å². The predicted octanol–water partition coefficient (Wildman–Crippen LogP) is 3.49. The molecule has 3 aliphatic heterocycles. The highest BCUT2D eigenvalue weighted by Crippen LogP contribution is 2.37. The van der Waals surface area contributed by atoms with Gasteiger partial charge in [0.15, 0.2) is 0 Å². The fourth-order valence-corrected chi connectivity index (χ4v) is 5.74. The number of carbonyl (C=O) groups excluding carboxylic acids is 1. The summed E-state index contributed by atoms with van der Waals surface area (Å²) in [4.78, 5) is 23.5. The van der Waals surface area contributed by atoms with E-state index in [4.69, 9.17) is 10.7 Å². The lowest BCUT2D eigenvalue weighted by Gasteiger charge is -2.42. The molecule has 1 aromatic carbocycles. The standard InChI is InChI=1S/C25H34N6O/c26-25(32)28-18-19-6-4-7-21(16-19)30-14-5-8-22-23(30)10-15-31(22)24-17-20(9-11-27-24)29-12-2-1-3-13-29/h4,6-7,9,11,16-17,22-23H,1-3,5,8,10,12-15,18H2,(H3,26,28,32)/t22-,23-/m0/s1. The molecule has 4 heterocycles. The van der Waals surface area contributed by atoms with Crippen LogP contribution >= 0.6 is 0 Å². The first-order chi connectivity index (χ1) is 15.7. The Bertz CT molecular complexity index is 944. The minimum absolute atomic E-state index is 0.463. The van der Waals surface area contributed by atoms with Crippen LogP contribution in [0.2, 0.25) is 0 Å². The molecule has 170 valence electrons. The zero-order valence-electron chi connectivity index (χ0n) is 18.7. The third-order valence-corrected chi connectivity index (χ3v) is 7.26. The number of hydrogen-bond acceptors (Lipinski definition) is 5. The molecule has 2 atom stereocenters. The highest BCUT2D eigenvalue weighted by atomic mass is 16.2. The van der Waals surface area contributed by atoms with E-state index in [1.165, 1.54) is 43.5 Å². The first kappa shape index (κ1) is 20.9. The number of nitrogens with zero attached hydrogens (tertiary/aromatic N) is 4. The van der Waals surface area contributed by atoms with E-state index in [9.17, 15) is 4.79 Å². The zero-order chi connectivity index (χ0) is 21.9. The fraction of sp³-hybridized carbons (Fsp3) is 0.520. The number of amides is 2. The van der Waals surface area contributed by atoms with Gasteiger partial charge in [0.05, 0.1) is 12.1 Å². The van der Waals surface area contributed by atoms with Crippen LogP contribution in [0.5, 0.6) is 0 Å². The Morgan fingerprint density at radius 2 is 1.78 bits per heavy atom. The Hall–Kier alpha value is -2.96. The fourth-order valence-electron chi connectivity index (χ4n) is 5.74. The average Bonchev–Trinajstić information content (AvgIpc) is 3.28. The lowest BCUT2D eigenvalue weighted by Crippen LogP contribution is -2.50. The van der Waals surface area contributed by atoms with Crippen molar-refractivity contribution in [2.75, 3.05) is 40.9 Å². The molecule has 0 aliphatic carbocycles. The average molecular weight is 435 g/mol. The maximum absolute atomic E-state index is 11.1. The maximum atomic E-state index is 11.1. The van der Waals surface area contributed by atoms with Gasteiger partial charge >= 0.3 is 6.03 Å². The quantitative estimate of drug-likeness (QED) is 0.753. The summed E-state index contributed by atoms with van der Waals surface area (Å²) in [6.07, 6.45) is 9.43. The van der Waals surface area contributed by atoms with Crippen LogP contribution in [0.25, 0.3) is 0 Å². The number of nitrogens with one attached hydrogen (secondary N) is 1. The van der Waals surface area contributed by atoms with Gasteiger partial charge in [-0.05, 0) is 62.3 Å². The van der Waals surface area contributed by atoms with Crippen LogP contribution in [-0.4, -0.2) is 49.3 Å². The molecule has 0 spiro atoms. The van der Waals surface area contributed by atoms with Crippen LogP contribution in [-0.2, 0) is 6.54 Å². The molecule has 5 rings (SSSR count). The van der Waals surface area contributed by atoms with Crippen LogP contribution in [0.3, 0.4) is 0 Å². The van der Waals surface area contributed by atoms with Crippen LogP contribution in [0.4, 0.5) is 22.0 Å². The van der Waals surface area contributed by atoms with Gasteiger partial charge in [0.1, 0.15) is 5.82 Å². The van der Waals surface area contributed by atoms with Crippen molar-refractivity contribution in [1.82, 2.24) is 10.3 Å². The summed E-state index contributed by atoms with van der Waals surface area (Å²) in [7, 11) is 0. The molecule has 2 aromatic rings. The van der Waals surface area contributed by atoms with E-state index in [2.05, 4.69) is 50.3 Å². The molecule has 3 N–H and O–H groups in total. The van der Waals surface area contributed by atoms with E-state index in [1.807, 2.05) is 12.3 Å². The van der Waals surface area contributed by atoms with E-state index < -0.39 is 6.03 Å². The minimum atomic E-state index is -0.487. The molecule has 3 fully saturated rings. The zero-order valence-corrected chi connectivity index (χ0v) is 18.7. The van der Waals surface area contributed by atoms with Gasteiger partial charge in [-0.1, -0.05) is 12.1 Å². The predicted molar refractivity (Wildman–Crippen MR) is 129 cm³/mol. The van der Waals surface area contributed by atoms with Crippen molar-refractivity contribution >= 4 is 23.2 Å². The molecule has 3 saturated heterocycles. The third-order valence-electron chi connectivity index (χ3n) is 7.26. The summed E-state index contributed by atoms with van der Waals surface area (Å²) >= 11 is 0. The van der Waals surface area contributed by atoms with Gasteiger partial charge < -0.3 is 25.8 Å². The largest absolute Gasteiger partial charge is 0.371 e. The number of anilines is 3. The number of fused-ring (bicyclic) bond motifs is 1. The molecule has 2 amide bonds. The van der Waals surface area contributed by atoms with E-state index in [0.717, 1.165) is 44.0 Å². The van der Waals surface area contributed by atoms with Crippen LogP contribution in [0.1, 0.15) is 44.1 Å². The second-order valence-corrected chi connectivity index (χ2v) is 9.26. The lowest BCUT2D eigenvalue weighted by atomic mass is 9.95. The van der Waals surface area contributed by atoms with Crippen molar-refractivity contribution in [3.63, 3.8) is 0 Å². The number of pyridine rings is 1. The number of benzene rings is 1. The number of nitrogens with two attached hydrogens (primary N) is 1. The molecular weight excluding hydrogens is 400 g/mol. The summed E-state index contributed by atoms with van der Waals surface area (Å²) in [5, 5.41) is 2.70. The maximum Gasteiger partial charge on any atom is 0.312 e. The summed E-state index contributed by atoms with van der Waals surface area (Å²) in [6.45, 7) is 4.90. The van der Waals surface area contributed by atoms with E-state index >= 15 is 0 Å². The van der Waals surface area contributed by atoms with Crippen LogP contribution < -0.4 is 25.8 Å². The number of urea groups is 1. The van der Waals surface area contributed by atoms with E-state index in [0.29, 0.717) is 18.6 Å². The van der Waals surface area contributed by atoms with Crippen molar-refractivity contribution in [2.45, 2.75) is 57.2 Å². The first-order valence-corrected chi connectivity index (χ1v) is 12.1. The van der Waals surface area contributed by atoms with Crippen molar-refractivity contribution in [1.29, 1.82) is 0 Å². The Morgan fingerprint density at radius 1 is 0.938 bits per heavy atom. The number of carbonyl (C=O) groups is 1. The van der Waals surface area contributed by atoms with Gasteiger partial charge in [-0.15, -0.1) is 0 Å². The molecule has 32 heavy (non-hydrogen) atoms. The molecule has 0 saturated carbocycles. The molecule has 0 radical (unpaired) electrons. The topological polar surface area (TPSA) is 77.7 Å². The van der Waals surface area contributed by atoms with Crippen molar-refractivity contribution in [2.24, 2.45) is 5.73 Å². The smallest absolute Gasteiger partial charge is 0.312 e. The van der Waals surface area contributed by atoms with Gasteiger partial charge in [0.2, 0.25) is 0 Å². The van der Waals surface area contributed by atoms with E-state index in [-0.39, 0.29) is 0 Å². The Balaban J connectivity index is 1.33. The van der Waals surface area contributed by atoms with Gasteiger partial charge in [-0.25, -0.2) is 9.78 Å². The van der Waals surface area contributed by atoms with Crippen molar-refractivity contribution in [3.8, 4) is 0 Å². The molecule has 1 aromatic heterocycles. The van der Waals surface area contributed by atoms with Crippen LogP contribution in [0.15, 0.2) is 42.6 Å². The minimum Gasteiger partial charge on any atom is -0.371 e. The number of primary amides is 1. The summed E-state index contributed by atoms with van der Waals surface area (Å²) in [5.41, 5.74) is 8.88. The second-order valence-electron chi connectivity index (χ2n) is 9.26. The Labute approximate surface area is 190 Å². The Morgan fingerprint density at radius 3 is 2.62 bits per heavy atom. The van der Waals surface area contributed by atoms with Crippen LogP contribution in [0, 0.1) is 0 Å². The van der Waals surface area contributed by atoms with Crippen molar-refractivity contribution in [3.05, 3.63) is 48.2 Å². The second kappa shape index (κ2) is 9.27. The summed E-state index contributed by atoms with van der Waals surface area (Å²) < 4.78 is 0. The van der Waals surface area contributed by atoms with Gasteiger partial charge in [-0.2, -0.15) is 0 Å². The normalized spacial score (nSPS) is 23.2. The van der Waals surface area contributed by atoms with Gasteiger partial charge in [0.25, 0.3) is 0 Å². The molecule has 7 heteroatoms. The first-order valence-electron chi connectivity index (χ1n) is 12.1. The SMILES string of the molecule is NC(=O)NCc1cccc(N2CCC[C@H]3[C@@H]2CCN3c2cc(N3CCCCC3)ccn2)c1. The highest BCUT2D eigenvalue weighted by Gasteiger charge is 2.41. The third kappa shape index (κ3) is 4.33. The molecule has 7 nitrogen and oxygen atoms in total. The number of hydrogen-bond donors (Lipinski definition) is 2. The number of aromatic nitrogens is 1. The monoisotopic (exact) mass is 434 g/mol. The molecular formula is C25H34N6O. The number of rotatable bonds is 5. The molecule has 0 bridgehead atoms. The molecule has 3 aliphatic rings. The summed E-state index contributed by atoms with van der Waals surface area (Å²) in [6, 6.07) is 13.5.